The molecular weight excluding hydrogens is 324 g/mol. The molecule has 0 unspecified atom stereocenters. The highest BCUT2D eigenvalue weighted by molar-refractivity contribution is 9.10. The molecule has 112 valence electrons. The molecule has 1 rings (SSSR count). The van der Waals surface area contributed by atoms with E-state index in [1.807, 2.05) is 0 Å². The number of likely N-dealkylation sites (N-methyl/N-ethyl adjacent to an activating group) is 1. The summed E-state index contributed by atoms with van der Waals surface area (Å²) in [4.78, 5) is 13.4. The first-order valence-corrected chi connectivity index (χ1v) is 6.63. The predicted molar refractivity (Wildman–Crippen MR) is 82.5 cm³/mol. The van der Waals surface area contributed by atoms with E-state index in [2.05, 4.69) is 21.2 Å². The highest BCUT2D eigenvalue weighted by Crippen LogP contribution is 2.32. The molecule has 20 heavy (non-hydrogen) atoms. The second-order valence-electron chi connectivity index (χ2n) is 4.22. The van der Waals surface area contributed by atoms with Crippen molar-refractivity contribution in [3.05, 3.63) is 22.2 Å². The summed E-state index contributed by atoms with van der Waals surface area (Å²) in [5.74, 6) is -0.166. The smallest absolute Gasteiger partial charge is 0.234 e. The van der Waals surface area contributed by atoms with E-state index in [-0.39, 0.29) is 17.9 Å². The first-order chi connectivity index (χ1) is 11.0. The van der Waals surface area contributed by atoms with Gasteiger partial charge in [0.25, 0.3) is 0 Å². The number of benzene rings is 1. The van der Waals surface area contributed by atoms with Crippen LogP contribution in [0.15, 0.2) is 16.6 Å². The summed E-state index contributed by atoms with van der Waals surface area (Å²) in [6.07, 6.45) is -2.56. The molecule has 0 aromatic heterocycles. The number of halogens is 1. The molecule has 1 aromatic rings. The number of methoxy groups -OCH3 is 2. The van der Waals surface area contributed by atoms with Crippen LogP contribution in [-0.4, -0.2) is 52.2 Å². The van der Waals surface area contributed by atoms with Gasteiger partial charge in [0.2, 0.25) is 5.91 Å². The van der Waals surface area contributed by atoms with Gasteiger partial charge in [-0.05, 0) is 54.1 Å². The minimum atomic E-state index is -2.66. The van der Waals surface area contributed by atoms with Crippen molar-refractivity contribution in [2.24, 2.45) is 0 Å². The van der Waals surface area contributed by atoms with Crippen LogP contribution in [0.3, 0.4) is 0 Å². The molecule has 1 aromatic carbocycles. The summed E-state index contributed by atoms with van der Waals surface area (Å²) in [6, 6.07) is 2.84. The molecule has 0 saturated carbocycles. The van der Waals surface area contributed by atoms with Crippen LogP contribution >= 0.6 is 15.9 Å². The number of nitrogens with one attached hydrogen (secondary N) is 1. The van der Waals surface area contributed by atoms with Crippen LogP contribution in [0.2, 0.25) is 0 Å². The van der Waals surface area contributed by atoms with Crippen molar-refractivity contribution in [2.45, 2.75) is 6.37 Å². The molecule has 0 radical (unpaired) electrons. The number of rotatable bonds is 7. The van der Waals surface area contributed by atoms with Crippen LogP contribution < -0.4 is 14.8 Å². The lowest BCUT2D eigenvalue weighted by atomic mass is 10.1. The summed E-state index contributed by atoms with van der Waals surface area (Å²) in [6.45, 7) is -2.72. The standard InChI is InChI=1S/C14H21BrN2O3/c1-17(2)9-14(18)16-6-5-10-7-13(20-4)11(15)8-12(10)19-3/h7-8H,5-6,9H2,1-4H3,(H,16,18)/i5D2,6D2. The molecular formula is C14H21BrN2O3. The highest BCUT2D eigenvalue weighted by atomic mass is 79.9. The maximum atomic E-state index is 11.9. The number of nitrogens with zero attached hydrogens (tertiary/aromatic N) is 1. The largest absolute Gasteiger partial charge is 0.496 e. The van der Waals surface area contributed by atoms with E-state index in [0.29, 0.717) is 10.2 Å². The molecule has 1 amide bonds. The van der Waals surface area contributed by atoms with Crippen LogP contribution in [0, 0.1) is 0 Å². The number of carbonyl (C=O) groups excluding carboxylic acids is 1. The first kappa shape index (κ1) is 11.4. The molecule has 6 heteroatoms. The molecule has 0 aliphatic carbocycles. The zero-order valence-corrected chi connectivity index (χ0v) is 13.5. The minimum Gasteiger partial charge on any atom is -0.496 e. The van der Waals surface area contributed by atoms with E-state index in [1.54, 1.807) is 19.0 Å². The fraction of sp³-hybridized carbons (Fsp3) is 0.500. The third-order valence-electron chi connectivity index (χ3n) is 2.33. The van der Waals surface area contributed by atoms with E-state index in [0.717, 1.165) is 0 Å². The van der Waals surface area contributed by atoms with Crippen molar-refractivity contribution < 1.29 is 19.8 Å². The van der Waals surface area contributed by atoms with Gasteiger partial charge in [0, 0.05) is 12.0 Å². The lowest BCUT2D eigenvalue weighted by molar-refractivity contribution is -0.121. The maximum absolute atomic E-state index is 11.9. The first-order valence-electron chi connectivity index (χ1n) is 7.84. The molecule has 0 aliphatic heterocycles. The Morgan fingerprint density at radius 1 is 1.35 bits per heavy atom. The highest BCUT2D eigenvalue weighted by Gasteiger charge is 2.10. The van der Waals surface area contributed by atoms with Crippen LogP contribution in [0.1, 0.15) is 11.0 Å². The molecule has 1 N–H and O–H groups in total. The van der Waals surface area contributed by atoms with Crippen LogP contribution in [-0.2, 0) is 11.2 Å². The Labute approximate surface area is 134 Å². The Balaban J connectivity index is 3.28. The van der Waals surface area contributed by atoms with Gasteiger partial charge in [-0.3, -0.25) is 4.79 Å². The number of amides is 1. The van der Waals surface area contributed by atoms with Crippen molar-refractivity contribution in [1.82, 2.24) is 10.2 Å². The number of aryl methyl sites for hydroxylation is 1. The molecule has 0 bridgehead atoms. The Morgan fingerprint density at radius 2 is 2.00 bits per heavy atom. The molecule has 5 nitrogen and oxygen atoms in total. The molecule has 0 heterocycles. The van der Waals surface area contributed by atoms with E-state index >= 15 is 0 Å². The number of ether oxygens (including phenoxy) is 2. The third-order valence-corrected chi connectivity index (χ3v) is 2.95. The lowest BCUT2D eigenvalue weighted by Gasteiger charge is -2.13. The van der Waals surface area contributed by atoms with Gasteiger partial charge in [-0.15, -0.1) is 0 Å². The topological polar surface area (TPSA) is 50.8 Å². The number of carbonyl (C=O) groups is 1. The summed E-state index contributed by atoms with van der Waals surface area (Å²) >= 11 is 3.27. The van der Waals surface area contributed by atoms with Crippen molar-refractivity contribution >= 4 is 21.8 Å². The van der Waals surface area contributed by atoms with Gasteiger partial charge >= 0.3 is 0 Å². The Morgan fingerprint density at radius 3 is 2.55 bits per heavy atom. The lowest BCUT2D eigenvalue weighted by Crippen LogP contribution is -2.34. The van der Waals surface area contributed by atoms with Crippen LogP contribution in [0.5, 0.6) is 11.5 Å². The van der Waals surface area contributed by atoms with Gasteiger partial charge in [0.1, 0.15) is 11.5 Å². The fourth-order valence-electron chi connectivity index (χ4n) is 1.45. The Bertz CT molecular complexity index is 612. The summed E-state index contributed by atoms with van der Waals surface area (Å²) < 4.78 is 43.4. The SMILES string of the molecule is [2H]C([2H])(NC(=O)CN(C)C)C([2H])([2H])c1cc(OC)c(Br)cc1OC. The van der Waals surface area contributed by atoms with Crippen molar-refractivity contribution in [3.8, 4) is 11.5 Å². The second-order valence-corrected chi connectivity index (χ2v) is 5.08. The van der Waals surface area contributed by atoms with E-state index in [9.17, 15) is 4.79 Å². The van der Waals surface area contributed by atoms with Crippen molar-refractivity contribution in [1.29, 1.82) is 0 Å². The van der Waals surface area contributed by atoms with Gasteiger partial charge in [0.15, 0.2) is 0 Å². The summed E-state index contributed by atoms with van der Waals surface area (Å²) in [7, 11) is 6.09. The Hall–Kier alpha value is -1.27. The van der Waals surface area contributed by atoms with Gasteiger partial charge in [-0.25, -0.2) is 0 Å². The zero-order valence-electron chi connectivity index (χ0n) is 15.9. The molecule has 0 aliphatic rings. The normalized spacial score (nSPS) is 14.9. The minimum absolute atomic E-state index is 0.0591. The van der Waals surface area contributed by atoms with Gasteiger partial charge in [-0.1, -0.05) is 0 Å². The maximum Gasteiger partial charge on any atom is 0.234 e. The van der Waals surface area contributed by atoms with E-state index in [1.165, 1.54) is 26.4 Å². The summed E-state index contributed by atoms with van der Waals surface area (Å²) in [5, 5.41) is 2.10. The predicted octanol–water partition coefficient (Wildman–Crippen LogP) is 1.69. The van der Waals surface area contributed by atoms with Crippen molar-refractivity contribution in [3.63, 3.8) is 0 Å². The van der Waals surface area contributed by atoms with Crippen LogP contribution in [0.4, 0.5) is 0 Å². The fourth-order valence-corrected chi connectivity index (χ4v) is 1.94. The molecule has 0 spiro atoms. The van der Waals surface area contributed by atoms with E-state index in [4.69, 9.17) is 15.0 Å². The quantitative estimate of drug-likeness (QED) is 0.814. The average Bonchev–Trinajstić information content (AvgIpc) is 2.44. The molecule has 0 atom stereocenters. The van der Waals surface area contributed by atoms with Gasteiger partial charge < -0.3 is 19.7 Å². The van der Waals surface area contributed by atoms with Gasteiger partial charge in [-0.2, -0.15) is 0 Å². The Kier molecular flexibility index (Phi) is 4.62. The zero-order chi connectivity index (χ0) is 18.7. The molecule has 0 saturated heterocycles. The third kappa shape index (κ3) is 5.02. The van der Waals surface area contributed by atoms with E-state index < -0.39 is 18.8 Å². The average molecular weight is 349 g/mol. The van der Waals surface area contributed by atoms with Gasteiger partial charge in [0.05, 0.1) is 25.2 Å². The number of hydrogen-bond donors (Lipinski definition) is 1. The molecule has 0 fully saturated rings. The summed E-state index contributed by atoms with van der Waals surface area (Å²) in [5.41, 5.74) is -0.0693. The second kappa shape index (κ2) is 8.11. The monoisotopic (exact) mass is 348 g/mol. The van der Waals surface area contributed by atoms with Crippen LogP contribution in [0.25, 0.3) is 0 Å². The van der Waals surface area contributed by atoms with Crippen molar-refractivity contribution in [2.75, 3.05) is 41.4 Å². The number of hydrogen-bond acceptors (Lipinski definition) is 4.